The van der Waals surface area contributed by atoms with Crippen LogP contribution >= 0.6 is 0 Å². The molecule has 1 aliphatic rings. The van der Waals surface area contributed by atoms with Crippen LogP contribution in [0.4, 0.5) is 4.79 Å². The molecule has 3 atom stereocenters. The van der Waals surface area contributed by atoms with Gasteiger partial charge in [0.25, 0.3) is 0 Å². The van der Waals surface area contributed by atoms with Crippen molar-refractivity contribution in [3.05, 3.63) is 24.8 Å². The van der Waals surface area contributed by atoms with Crippen LogP contribution in [0.5, 0.6) is 0 Å². The molecule has 1 aliphatic heterocycles. The normalized spacial score (nSPS) is 24.7. The van der Waals surface area contributed by atoms with Gasteiger partial charge in [-0.05, 0) is 27.7 Å². The maximum atomic E-state index is 12.5. The minimum atomic E-state index is -0.837. The highest BCUT2D eigenvalue weighted by Gasteiger charge is 2.49. The van der Waals surface area contributed by atoms with Crippen molar-refractivity contribution in [2.45, 2.75) is 45.4 Å². The Balaban J connectivity index is 3.09. The number of methoxy groups -OCH3 is 1. The van der Waals surface area contributed by atoms with Gasteiger partial charge in [-0.2, -0.15) is 0 Å². The Kier molecular flexibility index (Phi) is 6.81. The lowest BCUT2D eigenvalue weighted by atomic mass is 10.0. The second-order valence-corrected chi connectivity index (χ2v) is 6.38. The summed E-state index contributed by atoms with van der Waals surface area (Å²) in [6.45, 7) is 11.5. The van der Waals surface area contributed by atoms with Gasteiger partial charge in [-0.25, -0.2) is 9.59 Å². The van der Waals surface area contributed by atoms with Crippen LogP contribution < -0.4 is 0 Å². The largest absolute Gasteiger partial charge is 0.467 e. The molecule has 1 rings (SSSR count). The summed E-state index contributed by atoms with van der Waals surface area (Å²) >= 11 is 0. The van der Waals surface area contributed by atoms with E-state index >= 15 is 0 Å². The minimum Gasteiger partial charge on any atom is -0.467 e. The summed E-state index contributed by atoms with van der Waals surface area (Å²) in [7, 11) is 1.29. The first-order chi connectivity index (χ1) is 10.7. The van der Waals surface area contributed by atoms with Crippen molar-refractivity contribution in [3.8, 4) is 0 Å². The molecule has 1 saturated heterocycles. The number of amides is 1. The highest BCUT2D eigenvalue weighted by molar-refractivity contribution is 5.83. The van der Waals surface area contributed by atoms with E-state index in [1.807, 2.05) is 19.1 Å². The van der Waals surface area contributed by atoms with E-state index in [0.717, 1.165) is 0 Å². The summed E-state index contributed by atoms with van der Waals surface area (Å²) in [6, 6.07) is -0.837. The molecule has 23 heavy (non-hydrogen) atoms. The molecular weight excluding hydrogens is 298 g/mol. The van der Waals surface area contributed by atoms with Crippen LogP contribution in [-0.4, -0.2) is 55.0 Å². The molecule has 0 aromatic heterocycles. The van der Waals surface area contributed by atoms with Gasteiger partial charge in [0.1, 0.15) is 5.60 Å². The lowest BCUT2D eigenvalue weighted by Gasteiger charge is -2.28. The van der Waals surface area contributed by atoms with Crippen LogP contribution in [-0.2, 0) is 19.0 Å². The Hall–Kier alpha value is -1.82. The van der Waals surface area contributed by atoms with E-state index in [4.69, 9.17) is 14.2 Å². The third-order valence-electron chi connectivity index (χ3n) is 3.39. The van der Waals surface area contributed by atoms with Crippen molar-refractivity contribution < 1.29 is 23.8 Å². The molecule has 0 spiro atoms. The summed E-state index contributed by atoms with van der Waals surface area (Å²) in [5, 5.41) is 0. The number of hydrogen-bond donors (Lipinski definition) is 0. The van der Waals surface area contributed by atoms with Crippen LogP contribution in [0.25, 0.3) is 0 Å². The molecule has 1 heterocycles. The molecule has 3 unspecified atom stereocenters. The zero-order valence-electron chi connectivity index (χ0n) is 14.6. The van der Waals surface area contributed by atoms with Gasteiger partial charge >= 0.3 is 12.1 Å². The first-order valence-corrected chi connectivity index (χ1v) is 7.68. The summed E-state index contributed by atoms with van der Waals surface area (Å²) in [5.74, 6) is -0.631. The highest BCUT2D eigenvalue weighted by Crippen LogP contribution is 2.30. The van der Waals surface area contributed by atoms with Crippen molar-refractivity contribution in [1.82, 2.24) is 4.90 Å². The average Bonchev–Trinajstić information content (AvgIpc) is 2.81. The van der Waals surface area contributed by atoms with Crippen molar-refractivity contribution in [1.29, 1.82) is 0 Å². The van der Waals surface area contributed by atoms with Gasteiger partial charge in [0.05, 0.1) is 19.8 Å². The second kappa shape index (κ2) is 8.15. The van der Waals surface area contributed by atoms with Crippen molar-refractivity contribution in [2.24, 2.45) is 5.92 Å². The number of allylic oxidation sites excluding steroid dienone is 1. The predicted octanol–water partition coefficient (Wildman–Crippen LogP) is 2.54. The van der Waals surface area contributed by atoms with Crippen LogP contribution in [0.2, 0.25) is 0 Å². The number of likely N-dealkylation sites (tertiary alicyclic amines) is 1. The Labute approximate surface area is 138 Å². The van der Waals surface area contributed by atoms with Gasteiger partial charge in [0.15, 0.2) is 6.04 Å². The molecule has 6 nitrogen and oxygen atoms in total. The van der Waals surface area contributed by atoms with Gasteiger partial charge in [-0.15, -0.1) is 6.58 Å². The van der Waals surface area contributed by atoms with E-state index in [-0.39, 0.29) is 12.5 Å². The van der Waals surface area contributed by atoms with Gasteiger partial charge in [0.2, 0.25) is 0 Å². The SMILES string of the molecule is C=CCOC1C(/C=C/C)CN(C(=O)OC(C)(C)C)C1C(=O)OC. The quantitative estimate of drug-likeness (QED) is 0.574. The number of nitrogens with zero attached hydrogens (tertiary/aromatic N) is 1. The summed E-state index contributed by atoms with van der Waals surface area (Å²) in [5.41, 5.74) is -0.645. The molecule has 0 bridgehead atoms. The van der Waals surface area contributed by atoms with E-state index in [1.54, 1.807) is 26.8 Å². The molecule has 0 aliphatic carbocycles. The molecule has 0 aromatic rings. The highest BCUT2D eigenvalue weighted by atomic mass is 16.6. The fourth-order valence-electron chi connectivity index (χ4n) is 2.56. The molecule has 6 heteroatoms. The standard InChI is InChI=1S/C17H27NO5/c1-7-9-12-11-18(16(20)23-17(3,4)5)13(15(19)21-6)14(12)22-10-8-2/h7-9,12-14H,2,10-11H2,1,3-6H3/b9-7+. The second-order valence-electron chi connectivity index (χ2n) is 6.38. The van der Waals surface area contributed by atoms with E-state index in [9.17, 15) is 9.59 Å². The fourth-order valence-corrected chi connectivity index (χ4v) is 2.56. The summed E-state index contributed by atoms with van der Waals surface area (Å²) < 4.78 is 16.0. The maximum absolute atomic E-state index is 12.5. The molecule has 1 fully saturated rings. The Morgan fingerprint density at radius 3 is 2.48 bits per heavy atom. The van der Waals surface area contributed by atoms with Crippen molar-refractivity contribution >= 4 is 12.1 Å². The van der Waals surface area contributed by atoms with Crippen molar-refractivity contribution in [2.75, 3.05) is 20.3 Å². The molecular formula is C17H27NO5. The Morgan fingerprint density at radius 1 is 1.35 bits per heavy atom. The fraction of sp³-hybridized carbons (Fsp3) is 0.647. The Bertz CT molecular complexity index is 466. The minimum absolute atomic E-state index is 0.114. The van der Waals surface area contributed by atoms with Crippen LogP contribution in [0.1, 0.15) is 27.7 Å². The molecule has 0 aromatic carbocycles. The summed E-state index contributed by atoms with van der Waals surface area (Å²) in [4.78, 5) is 26.1. The first kappa shape index (κ1) is 19.2. The zero-order chi connectivity index (χ0) is 17.6. The molecule has 1 amide bonds. The zero-order valence-corrected chi connectivity index (χ0v) is 14.6. The number of hydrogen-bond acceptors (Lipinski definition) is 5. The topological polar surface area (TPSA) is 65.1 Å². The number of esters is 1. The van der Waals surface area contributed by atoms with Crippen LogP contribution in [0, 0.1) is 5.92 Å². The van der Waals surface area contributed by atoms with E-state index in [2.05, 4.69) is 6.58 Å². The van der Waals surface area contributed by atoms with Crippen molar-refractivity contribution in [3.63, 3.8) is 0 Å². The van der Waals surface area contributed by atoms with E-state index in [1.165, 1.54) is 12.0 Å². The van der Waals surface area contributed by atoms with Crippen LogP contribution in [0.3, 0.4) is 0 Å². The number of ether oxygens (including phenoxy) is 3. The van der Waals surface area contributed by atoms with E-state index in [0.29, 0.717) is 6.54 Å². The first-order valence-electron chi connectivity index (χ1n) is 7.68. The lowest BCUT2D eigenvalue weighted by molar-refractivity contribution is -0.149. The van der Waals surface area contributed by atoms with Gasteiger partial charge in [0, 0.05) is 12.5 Å². The van der Waals surface area contributed by atoms with Gasteiger partial charge < -0.3 is 14.2 Å². The third kappa shape index (κ3) is 5.10. The molecule has 0 saturated carbocycles. The number of rotatable bonds is 5. The van der Waals surface area contributed by atoms with Gasteiger partial charge in [-0.1, -0.05) is 18.2 Å². The number of carbonyl (C=O) groups is 2. The Morgan fingerprint density at radius 2 is 2.00 bits per heavy atom. The molecule has 0 N–H and O–H groups in total. The van der Waals surface area contributed by atoms with Gasteiger partial charge in [-0.3, -0.25) is 4.90 Å². The van der Waals surface area contributed by atoms with E-state index < -0.39 is 29.8 Å². The maximum Gasteiger partial charge on any atom is 0.411 e. The predicted molar refractivity (Wildman–Crippen MR) is 87.0 cm³/mol. The number of carbonyl (C=O) groups excluding carboxylic acids is 2. The van der Waals surface area contributed by atoms with Crippen LogP contribution in [0.15, 0.2) is 24.8 Å². The monoisotopic (exact) mass is 325 g/mol. The molecule has 130 valence electrons. The summed E-state index contributed by atoms with van der Waals surface area (Å²) in [6.07, 6.45) is 4.36. The molecule has 0 radical (unpaired) electrons. The smallest absolute Gasteiger partial charge is 0.411 e. The lowest BCUT2D eigenvalue weighted by Crippen LogP contribution is -2.48. The average molecular weight is 325 g/mol. The third-order valence-corrected chi connectivity index (χ3v) is 3.39.